The van der Waals surface area contributed by atoms with E-state index in [0.29, 0.717) is 18.3 Å². The zero-order valence-electron chi connectivity index (χ0n) is 19.5. The van der Waals surface area contributed by atoms with E-state index in [9.17, 15) is 22.8 Å². The van der Waals surface area contributed by atoms with Crippen molar-refractivity contribution < 1.29 is 27.5 Å². The molecule has 0 radical (unpaired) electrons. The molecule has 0 spiro atoms. The minimum absolute atomic E-state index is 0.0727. The lowest BCUT2D eigenvalue weighted by Crippen LogP contribution is -2.57. The van der Waals surface area contributed by atoms with Crippen molar-refractivity contribution in [2.24, 2.45) is 23.7 Å². The summed E-state index contributed by atoms with van der Waals surface area (Å²) in [6.45, 7) is 0.0190. The van der Waals surface area contributed by atoms with Gasteiger partial charge in [-0.2, -0.15) is 13.2 Å². The molecule has 1 amide bonds. The van der Waals surface area contributed by atoms with Gasteiger partial charge in [-0.3, -0.25) is 4.79 Å². The van der Waals surface area contributed by atoms with Gasteiger partial charge in [-0.1, -0.05) is 36.4 Å². The largest absolute Gasteiger partial charge is 0.460 e. The van der Waals surface area contributed by atoms with Crippen molar-refractivity contribution in [1.82, 2.24) is 5.32 Å². The molecule has 4 aliphatic carbocycles. The molecule has 1 N–H and O–H groups in total. The van der Waals surface area contributed by atoms with Crippen LogP contribution in [0.5, 0.6) is 0 Å². The molecule has 4 aliphatic rings. The Bertz CT molecular complexity index is 1050. The molecule has 0 aromatic heterocycles. The van der Waals surface area contributed by atoms with Gasteiger partial charge in [0, 0.05) is 11.8 Å². The fraction of sp³-hybridized carbons (Fsp3) is 0.500. The molecule has 0 unspecified atom stereocenters. The van der Waals surface area contributed by atoms with E-state index in [1.807, 2.05) is 18.2 Å². The van der Waals surface area contributed by atoms with Gasteiger partial charge in [0.1, 0.15) is 6.61 Å². The third-order valence-corrected chi connectivity index (χ3v) is 8.44. The molecule has 186 valence electrons. The molecular weight excluding hydrogens is 455 g/mol. The highest BCUT2D eigenvalue weighted by Crippen LogP contribution is 2.64. The second-order valence-electron chi connectivity index (χ2n) is 10.5. The monoisotopic (exact) mass is 485 g/mol. The molecule has 4 bridgehead atoms. The third kappa shape index (κ3) is 4.69. The van der Waals surface area contributed by atoms with Gasteiger partial charge < -0.3 is 10.1 Å². The van der Waals surface area contributed by atoms with Gasteiger partial charge in [0.25, 0.3) is 0 Å². The van der Waals surface area contributed by atoms with E-state index in [2.05, 4.69) is 17.4 Å². The van der Waals surface area contributed by atoms with E-state index >= 15 is 0 Å². The summed E-state index contributed by atoms with van der Waals surface area (Å²) >= 11 is 0. The number of esters is 1. The fourth-order valence-corrected chi connectivity index (χ4v) is 7.20. The Kier molecular flexibility index (Phi) is 6.36. The number of carbonyl (C=O) groups excluding carboxylic acids is 2. The molecule has 4 saturated carbocycles. The third-order valence-electron chi connectivity index (χ3n) is 8.44. The summed E-state index contributed by atoms with van der Waals surface area (Å²) in [7, 11) is 0. The maximum absolute atomic E-state index is 13.1. The highest BCUT2D eigenvalue weighted by Gasteiger charge is 2.58. The standard InChI is InChI=1S/C28H30F3NO3/c29-28(30,31)22-8-4-5-20(16-22)26(34)35-10-9-32-25(33)17-27(21-6-2-1-3-7-21)23-12-18-11-19(14-23)15-24(27)13-18/h1-8,16,18-19,23-24H,9-15,17H2,(H,32,33). The number of benzene rings is 2. The summed E-state index contributed by atoms with van der Waals surface area (Å²) in [6, 6.07) is 14.6. The summed E-state index contributed by atoms with van der Waals surface area (Å²) < 4.78 is 43.8. The van der Waals surface area contributed by atoms with E-state index in [1.165, 1.54) is 49.8 Å². The molecule has 2 aromatic carbocycles. The first kappa shape index (κ1) is 23.9. The predicted octanol–water partition coefficient (Wildman–Crippen LogP) is 5.76. The van der Waals surface area contributed by atoms with Gasteiger partial charge in [0.2, 0.25) is 5.91 Å². The van der Waals surface area contributed by atoms with Crippen LogP contribution in [0.15, 0.2) is 54.6 Å². The first-order chi connectivity index (χ1) is 16.8. The number of ether oxygens (including phenoxy) is 1. The van der Waals surface area contributed by atoms with Crippen molar-refractivity contribution in [3.63, 3.8) is 0 Å². The second kappa shape index (κ2) is 9.32. The van der Waals surface area contributed by atoms with Gasteiger partial charge in [0.15, 0.2) is 0 Å². The number of hydrogen-bond donors (Lipinski definition) is 1. The first-order valence-corrected chi connectivity index (χ1v) is 12.4. The van der Waals surface area contributed by atoms with Crippen molar-refractivity contribution in [3.05, 3.63) is 71.3 Å². The molecule has 6 rings (SSSR count). The normalized spacial score (nSPS) is 29.1. The molecule has 0 aliphatic heterocycles. The van der Waals surface area contributed by atoms with Gasteiger partial charge >= 0.3 is 12.1 Å². The predicted molar refractivity (Wildman–Crippen MR) is 125 cm³/mol. The average molecular weight is 486 g/mol. The van der Waals surface area contributed by atoms with Crippen LogP contribution < -0.4 is 5.32 Å². The average Bonchev–Trinajstić information content (AvgIpc) is 2.84. The number of rotatable bonds is 7. The smallest absolute Gasteiger partial charge is 0.416 e. The van der Waals surface area contributed by atoms with Crippen LogP contribution >= 0.6 is 0 Å². The van der Waals surface area contributed by atoms with E-state index in [1.54, 1.807) is 0 Å². The van der Waals surface area contributed by atoms with Crippen LogP contribution in [-0.2, 0) is 21.1 Å². The molecule has 4 nitrogen and oxygen atoms in total. The Morgan fingerprint density at radius 2 is 1.57 bits per heavy atom. The van der Waals surface area contributed by atoms with Gasteiger partial charge in [-0.05, 0) is 79.5 Å². The number of amides is 1. The van der Waals surface area contributed by atoms with E-state index in [0.717, 1.165) is 24.0 Å². The second-order valence-corrected chi connectivity index (χ2v) is 10.5. The molecule has 4 fully saturated rings. The van der Waals surface area contributed by atoms with E-state index in [-0.39, 0.29) is 30.0 Å². The van der Waals surface area contributed by atoms with Crippen LogP contribution in [-0.4, -0.2) is 25.0 Å². The van der Waals surface area contributed by atoms with Crippen LogP contribution in [0.2, 0.25) is 0 Å². The summed E-state index contributed by atoms with van der Waals surface area (Å²) in [5, 5.41) is 2.88. The van der Waals surface area contributed by atoms with Crippen LogP contribution in [0.25, 0.3) is 0 Å². The van der Waals surface area contributed by atoms with Crippen LogP contribution in [0.1, 0.15) is 60.0 Å². The Balaban J connectivity index is 1.20. The number of alkyl halides is 3. The van der Waals surface area contributed by atoms with Crippen molar-refractivity contribution in [2.75, 3.05) is 13.2 Å². The Hall–Kier alpha value is -2.83. The highest BCUT2D eigenvalue weighted by molar-refractivity contribution is 5.89. The first-order valence-electron chi connectivity index (χ1n) is 12.4. The molecule has 0 atom stereocenters. The lowest BCUT2D eigenvalue weighted by Gasteiger charge is -2.61. The number of carbonyl (C=O) groups is 2. The van der Waals surface area contributed by atoms with Crippen LogP contribution in [0.4, 0.5) is 13.2 Å². The lowest BCUT2D eigenvalue weighted by atomic mass is 9.43. The zero-order valence-corrected chi connectivity index (χ0v) is 19.5. The van der Waals surface area contributed by atoms with Crippen molar-refractivity contribution in [1.29, 1.82) is 0 Å². The molecule has 35 heavy (non-hydrogen) atoms. The topological polar surface area (TPSA) is 55.4 Å². The van der Waals surface area contributed by atoms with E-state index < -0.39 is 17.7 Å². The summed E-state index contributed by atoms with van der Waals surface area (Å²) in [6.07, 6.45) is 1.95. The Morgan fingerprint density at radius 1 is 0.914 bits per heavy atom. The molecule has 2 aromatic rings. The van der Waals surface area contributed by atoms with Crippen molar-refractivity contribution in [3.8, 4) is 0 Å². The zero-order chi connectivity index (χ0) is 24.6. The Morgan fingerprint density at radius 3 is 2.20 bits per heavy atom. The number of nitrogens with one attached hydrogen (secondary N) is 1. The maximum Gasteiger partial charge on any atom is 0.416 e. The van der Waals surface area contributed by atoms with E-state index in [4.69, 9.17) is 4.74 Å². The van der Waals surface area contributed by atoms with Gasteiger partial charge in [-0.15, -0.1) is 0 Å². The molecule has 0 saturated heterocycles. The minimum atomic E-state index is -4.53. The highest BCUT2D eigenvalue weighted by atomic mass is 19.4. The minimum Gasteiger partial charge on any atom is -0.460 e. The lowest BCUT2D eigenvalue weighted by molar-refractivity contribution is -0.137. The van der Waals surface area contributed by atoms with Crippen LogP contribution in [0, 0.1) is 23.7 Å². The maximum atomic E-state index is 13.1. The molecule has 7 heteroatoms. The van der Waals surface area contributed by atoms with Crippen molar-refractivity contribution >= 4 is 11.9 Å². The molecule has 0 heterocycles. The van der Waals surface area contributed by atoms with Crippen molar-refractivity contribution in [2.45, 2.75) is 50.1 Å². The summed E-state index contributed by atoms with van der Waals surface area (Å²) in [5.41, 5.74) is 0.0258. The van der Waals surface area contributed by atoms with Gasteiger partial charge in [-0.25, -0.2) is 4.79 Å². The summed E-state index contributed by atoms with van der Waals surface area (Å²) in [4.78, 5) is 25.3. The molecular formula is C28H30F3NO3. The van der Waals surface area contributed by atoms with Gasteiger partial charge in [0.05, 0.1) is 17.7 Å². The summed E-state index contributed by atoms with van der Waals surface area (Å²) in [5.74, 6) is 1.67. The SMILES string of the molecule is O=C(CC1(c2ccccc2)C2CC3CC(C2)CC1C3)NCCOC(=O)c1cccc(C(F)(F)F)c1. The number of halogens is 3. The quantitative estimate of drug-likeness (QED) is 0.401. The fourth-order valence-electron chi connectivity index (χ4n) is 7.20. The number of hydrogen-bond acceptors (Lipinski definition) is 3. The Labute approximate surface area is 203 Å². The van der Waals surface area contributed by atoms with Crippen LogP contribution in [0.3, 0.4) is 0 Å².